The van der Waals surface area contributed by atoms with E-state index in [0.717, 1.165) is 16.7 Å². The Hall–Kier alpha value is -3.28. The van der Waals surface area contributed by atoms with Crippen LogP contribution in [0.25, 0.3) is 6.08 Å². The average molecular weight is 352 g/mol. The maximum absolute atomic E-state index is 12.6. The summed E-state index contributed by atoms with van der Waals surface area (Å²) in [6, 6.07) is 12.6. The van der Waals surface area contributed by atoms with E-state index in [1.807, 2.05) is 31.2 Å². The minimum absolute atomic E-state index is 0.230. The van der Waals surface area contributed by atoms with Crippen LogP contribution in [0.4, 0.5) is 4.79 Å². The summed E-state index contributed by atoms with van der Waals surface area (Å²) in [5, 5.41) is 2.63. The van der Waals surface area contributed by atoms with Gasteiger partial charge in [0.1, 0.15) is 5.70 Å². The Kier molecular flexibility index (Phi) is 4.93. The zero-order chi connectivity index (χ0) is 18.7. The van der Waals surface area contributed by atoms with E-state index >= 15 is 0 Å². The van der Waals surface area contributed by atoms with Crippen LogP contribution in [0.2, 0.25) is 0 Å². The number of hydrogen-bond donors (Lipinski definition) is 1. The van der Waals surface area contributed by atoms with Crippen molar-refractivity contribution in [1.29, 1.82) is 0 Å². The quantitative estimate of drug-likeness (QED) is 0.663. The molecule has 0 unspecified atom stereocenters. The first-order valence-corrected chi connectivity index (χ1v) is 8.14. The zero-order valence-electron chi connectivity index (χ0n) is 14.9. The molecule has 0 bridgehead atoms. The van der Waals surface area contributed by atoms with E-state index in [1.165, 1.54) is 4.90 Å². The third kappa shape index (κ3) is 3.54. The summed E-state index contributed by atoms with van der Waals surface area (Å²) in [7, 11) is 3.10. The van der Waals surface area contributed by atoms with E-state index in [1.54, 1.807) is 38.5 Å². The second kappa shape index (κ2) is 7.31. The van der Waals surface area contributed by atoms with Crippen LogP contribution < -0.4 is 14.8 Å². The van der Waals surface area contributed by atoms with Crippen molar-refractivity contribution in [2.75, 3.05) is 14.2 Å². The lowest BCUT2D eigenvalue weighted by molar-refractivity contribution is -0.123. The molecule has 0 spiro atoms. The highest BCUT2D eigenvalue weighted by Gasteiger charge is 2.33. The van der Waals surface area contributed by atoms with Crippen molar-refractivity contribution >= 4 is 18.0 Å². The number of benzene rings is 2. The number of carbonyl (C=O) groups excluding carboxylic acids is 2. The molecule has 1 fully saturated rings. The number of rotatable bonds is 5. The summed E-state index contributed by atoms with van der Waals surface area (Å²) >= 11 is 0. The number of nitrogens with zero attached hydrogens (tertiary/aromatic N) is 1. The van der Waals surface area contributed by atoms with Crippen molar-refractivity contribution in [2.45, 2.75) is 13.5 Å². The number of urea groups is 1. The Morgan fingerprint density at radius 3 is 2.35 bits per heavy atom. The molecule has 2 aromatic carbocycles. The lowest BCUT2D eigenvalue weighted by Gasteiger charge is -2.12. The molecule has 1 aliphatic heterocycles. The van der Waals surface area contributed by atoms with Crippen molar-refractivity contribution in [2.24, 2.45) is 0 Å². The molecule has 26 heavy (non-hydrogen) atoms. The Labute approximate surface area is 152 Å². The van der Waals surface area contributed by atoms with Gasteiger partial charge in [-0.25, -0.2) is 4.79 Å². The summed E-state index contributed by atoms with van der Waals surface area (Å²) in [6.07, 6.45) is 1.62. The molecule has 0 aliphatic carbocycles. The molecule has 1 saturated heterocycles. The number of imide groups is 1. The topological polar surface area (TPSA) is 67.9 Å². The van der Waals surface area contributed by atoms with E-state index in [0.29, 0.717) is 11.5 Å². The summed E-state index contributed by atoms with van der Waals surface area (Å²) in [6.45, 7) is 2.22. The van der Waals surface area contributed by atoms with Gasteiger partial charge in [0.05, 0.1) is 20.8 Å². The third-order valence-electron chi connectivity index (χ3n) is 4.14. The second-order valence-corrected chi connectivity index (χ2v) is 5.98. The first-order valence-electron chi connectivity index (χ1n) is 8.14. The fourth-order valence-corrected chi connectivity index (χ4v) is 2.70. The molecular weight excluding hydrogens is 332 g/mol. The molecule has 3 amide bonds. The molecule has 1 heterocycles. The second-order valence-electron chi connectivity index (χ2n) is 5.98. The number of ether oxygens (including phenoxy) is 2. The highest BCUT2D eigenvalue weighted by molar-refractivity contribution is 6.13. The highest BCUT2D eigenvalue weighted by Crippen LogP contribution is 2.28. The van der Waals surface area contributed by atoms with Gasteiger partial charge in [-0.2, -0.15) is 0 Å². The average Bonchev–Trinajstić information content (AvgIpc) is 2.90. The van der Waals surface area contributed by atoms with Crippen LogP contribution in [-0.4, -0.2) is 31.1 Å². The van der Waals surface area contributed by atoms with Crippen LogP contribution in [0.15, 0.2) is 48.2 Å². The molecule has 6 nitrogen and oxygen atoms in total. The maximum atomic E-state index is 12.6. The predicted molar refractivity (Wildman–Crippen MR) is 97.8 cm³/mol. The van der Waals surface area contributed by atoms with Crippen molar-refractivity contribution in [3.05, 3.63) is 64.9 Å². The van der Waals surface area contributed by atoms with Crippen LogP contribution in [0.5, 0.6) is 11.5 Å². The summed E-state index contributed by atoms with van der Waals surface area (Å²) < 4.78 is 10.5. The summed E-state index contributed by atoms with van der Waals surface area (Å²) in [5.41, 5.74) is 2.98. The van der Waals surface area contributed by atoms with E-state index in [-0.39, 0.29) is 18.1 Å². The zero-order valence-corrected chi connectivity index (χ0v) is 14.9. The van der Waals surface area contributed by atoms with Gasteiger partial charge < -0.3 is 14.8 Å². The molecule has 6 heteroatoms. The molecule has 0 atom stereocenters. The van der Waals surface area contributed by atoms with Crippen molar-refractivity contribution in [1.82, 2.24) is 10.2 Å². The monoisotopic (exact) mass is 352 g/mol. The van der Waals surface area contributed by atoms with Gasteiger partial charge >= 0.3 is 6.03 Å². The number of hydrogen-bond acceptors (Lipinski definition) is 4. The number of aryl methyl sites for hydroxylation is 1. The van der Waals surface area contributed by atoms with Gasteiger partial charge in [-0.3, -0.25) is 9.69 Å². The normalized spacial score (nSPS) is 15.3. The standard InChI is InChI=1S/C20H20N2O4/c1-13-4-6-14(7-5-13)12-22-19(23)16(21-20(22)24)10-15-8-9-17(25-2)18(11-15)26-3/h4-11H,12H2,1-3H3,(H,21,24)/b16-10+. The Bertz CT molecular complexity index is 872. The van der Waals surface area contributed by atoms with Gasteiger partial charge in [0.2, 0.25) is 0 Å². The van der Waals surface area contributed by atoms with E-state index in [4.69, 9.17) is 9.47 Å². The lowest BCUT2D eigenvalue weighted by Crippen LogP contribution is -2.30. The van der Waals surface area contributed by atoms with Crippen molar-refractivity contribution < 1.29 is 19.1 Å². The maximum Gasteiger partial charge on any atom is 0.329 e. The van der Waals surface area contributed by atoms with Crippen LogP contribution in [0.3, 0.4) is 0 Å². The summed E-state index contributed by atoms with van der Waals surface area (Å²) in [4.78, 5) is 26.0. The summed E-state index contributed by atoms with van der Waals surface area (Å²) in [5.74, 6) is 0.790. The molecule has 0 saturated carbocycles. The van der Waals surface area contributed by atoms with E-state index < -0.39 is 6.03 Å². The number of nitrogens with one attached hydrogen (secondary N) is 1. The highest BCUT2D eigenvalue weighted by atomic mass is 16.5. The van der Waals surface area contributed by atoms with Gasteiger partial charge in [0, 0.05) is 0 Å². The van der Waals surface area contributed by atoms with Crippen LogP contribution in [-0.2, 0) is 11.3 Å². The molecule has 1 aliphatic rings. The van der Waals surface area contributed by atoms with Gasteiger partial charge in [-0.1, -0.05) is 35.9 Å². The smallest absolute Gasteiger partial charge is 0.329 e. The predicted octanol–water partition coefficient (Wildman–Crippen LogP) is 3.11. The Balaban J connectivity index is 1.81. The van der Waals surface area contributed by atoms with E-state index in [2.05, 4.69) is 5.32 Å². The number of carbonyl (C=O) groups is 2. The number of amides is 3. The molecular formula is C20H20N2O4. The van der Waals surface area contributed by atoms with Crippen LogP contribution in [0.1, 0.15) is 16.7 Å². The minimum atomic E-state index is -0.428. The van der Waals surface area contributed by atoms with E-state index in [9.17, 15) is 9.59 Å². The fraction of sp³-hybridized carbons (Fsp3) is 0.200. The van der Waals surface area contributed by atoms with Crippen LogP contribution >= 0.6 is 0 Å². The first-order chi connectivity index (χ1) is 12.5. The first kappa shape index (κ1) is 17.5. The van der Waals surface area contributed by atoms with Gasteiger partial charge in [-0.05, 0) is 36.3 Å². The number of methoxy groups -OCH3 is 2. The minimum Gasteiger partial charge on any atom is -0.493 e. The van der Waals surface area contributed by atoms with Crippen molar-refractivity contribution in [3.63, 3.8) is 0 Å². The fourth-order valence-electron chi connectivity index (χ4n) is 2.70. The Morgan fingerprint density at radius 2 is 1.69 bits per heavy atom. The van der Waals surface area contributed by atoms with Crippen LogP contribution in [0, 0.1) is 6.92 Å². The largest absolute Gasteiger partial charge is 0.493 e. The van der Waals surface area contributed by atoms with Gasteiger partial charge in [0.15, 0.2) is 11.5 Å². The molecule has 2 aromatic rings. The molecule has 0 aromatic heterocycles. The third-order valence-corrected chi connectivity index (χ3v) is 4.14. The van der Waals surface area contributed by atoms with Gasteiger partial charge in [0.25, 0.3) is 5.91 Å². The molecule has 134 valence electrons. The van der Waals surface area contributed by atoms with Gasteiger partial charge in [-0.15, -0.1) is 0 Å². The lowest BCUT2D eigenvalue weighted by atomic mass is 10.1. The molecule has 0 radical (unpaired) electrons. The SMILES string of the molecule is COc1ccc(/C=C2/NC(=O)N(Cc3ccc(C)cc3)C2=O)cc1OC. The molecule has 1 N–H and O–H groups in total. The molecule has 3 rings (SSSR count). The van der Waals surface area contributed by atoms with Crippen molar-refractivity contribution in [3.8, 4) is 11.5 Å². The Morgan fingerprint density at radius 1 is 1.00 bits per heavy atom.